The summed E-state index contributed by atoms with van der Waals surface area (Å²) in [5.41, 5.74) is 2.87. The summed E-state index contributed by atoms with van der Waals surface area (Å²) in [5, 5.41) is 15.5. The molecular weight excluding hydrogens is 357 g/mol. The minimum absolute atomic E-state index is 0.381. The molecule has 0 aliphatic carbocycles. The third-order valence-electron chi connectivity index (χ3n) is 3.52. The largest absolute Gasteiger partial charge is 0.339 e. The van der Waals surface area contributed by atoms with Crippen LogP contribution in [0, 0.1) is 0 Å². The number of nitrogens with zero attached hydrogens (tertiary/aromatic N) is 3. The third kappa shape index (κ3) is 4.59. The van der Waals surface area contributed by atoms with E-state index in [1.54, 1.807) is 18.2 Å². The molecule has 2 N–H and O–H groups in total. The molecule has 3 aromatic rings. The molecule has 0 spiro atoms. The molecule has 0 bridgehead atoms. The van der Waals surface area contributed by atoms with Crippen molar-refractivity contribution < 1.29 is 0 Å². The van der Waals surface area contributed by atoms with Crippen molar-refractivity contribution in [3.8, 4) is 0 Å². The van der Waals surface area contributed by atoms with Crippen molar-refractivity contribution in [2.24, 2.45) is 0 Å². The molecule has 0 saturated carbocycles. The summed E-state index contributed by atoms with van der Waals surface area (Å²) in [6, 6.07) is 13.2. The van der Waals surface area contributed by atoms with Crippen LogP contribution in [0.2, 0.25) is 10.0 Å². The Hall–Kier alpha value is -2.37. The second-order valence-electron chi connectivity index (χ2n) is 5.82. The summed E-state index contributed by atoms with van der Waals surface area (Å²) >= 11 is 12.0. The Morgan fingerprint density at radius 2 is 1.68 bits per heavy atom. The van der Waals surface area contributed by atoms with Crippen LogP contribution in [0.4, 0.5) is 23.1 Å². The van der Waals surface area contributed by atoms with Crippen LogP contribution in [-0.2, 0) is 0 Å². The van der Waals surface area contributed by atoms with Crippen molar-refractivity contribution in [1.82, 2.24) is 15.2 Å². The highest BCUT2D eigenvalue weighted by Crippen LogP contribution is 2.27. The number of benzene rings is 2. The van der Waals surface area contributed by atoms with Crippen LogP contribution < -0.4 is 10.6 Å². The van der Waals surface area contributed by atoms with Crippen molar-refractivity contribution in [1.29, 1.82) is 0 Å². The van der Waals surface area contributed by atoms with Crippen molar-refractivity contribution in [2.45, 2.75) is 19.8 Å². The summed E-state index contributed by atoms with van der Waals surface area (Å²) in [5.74, 6) is 1.33. The monoisotopic (exact) mass is 373 g/mol. The molecular formula is C18H17Cl2N5. The molecule has 5 nitrogen and oxygen atoms in total. The van der Waals surface area contributed by atoms with Gasteiger partial charge in [0.25, 0.3) is 0 Å². The number of aromatic nitrogens is 3. The molecule has 1 heterocycles. The van der Waals surface area contributed by atoms with Crippen molar-refractivity contribution in [3.63, 3.8) is 0 Å². The maximum atomic E-state index is 6.02. The summed E-state index contributed by atoms with van der Waals surface area (Å²) in [7, 11) is 0. The maximum Gasteiger partial charge on any atom is 0.249 e. The first-order chi connectivity index (χ1) is 12.0. The van der Waals surface area contributed by atoms with Gasteiger partial charge in [-0.15, -0.1) is 5.10 Å². The molecule has 0 aliphatic heterocycles. The molecule has 25 heavy (non-hydrogen) atoms. The van der Waals surface area contributed by atoms with E-state index in [1.165, 1.54) is 11.8 Å². The summed E-state index contributed by atoms with van der Waals surface area (Å²) in [6.07, 6.45) is 1.54. The van der Waals surface area contributed by atoms with Gasteiger partial charge in [-0.25, -0.2) is 0 Å². The molecule has 0 unspecified atom stereocenters. The molecule has 0 radical (unpaired) electrons. The Morgan fingerprint density at radius 3 is 2.40 bits per heavy atom. The maximum absolute atomic E-state index is 6.02. The van der Waals surface area contributed by atoms with E-state index in [4.69, 9.17) is 23.2 Å². The predicted molar refractivity (Wildman–Crippen MR) is 103 cm³/mol. The Labute approximate surface area is 156 Å². The quantitative estimate of drug-likeness (QED) is 0.592. The summed E-state index contributed by atoms with van der Waals surface area (Å²) in [6.45, 7) is 4.28. The fraction of sp³-hybridized carbons (Fsp3) is 0.167. The van der Waals surface area contributed by atoms with E-state index in [0.29, 0.717) is 27.7 Å². The third-order valence-corrected chi connectivity index (χ3v) is 3.96. The van der Waals surface area contributed by atoms with Crippen molar-refractivity contribution >= 4 is 46.3 Å². The topological polar surface area (TPSA) is 62.7 Å². The number of anilines is 4. The minimum Gasteiger partial charge on any atom is -0.339 e. The van der Waals surface area contributed by atoms with Gasteiger partial charge in [0.05, 0.1) is 6.20 Å². The van der Waals surface area contributed by atoms with Gasteiger partial charge in [0.15, 0.2) is 5.82 Å². The molecule has 0 amide bonds. The van der Waals surface area contributed by atoms with E-state index < -0.39 is 0 Å². The fourth-order valence-electron chi connectivity index (χ4n) is 2.43. The van der Waals surface area contributed by atoms with Gasteiger partial charge >= 0.3 is 0 Å². The first kappa shape index (κ1) is 17.5. The molecule has 128 valence electrons. The van der Waals surface area contributed by atoms with Gasteiger partial charge in [0.1, 0.15) is 0 Å². The number of rotatable bonds is 5. The average Bonchev–Trinajstić information content (AvgIpc) is 2.54. The van der Waals surface area contributed by atoms with Crippen molar-refractivity contribution in [3.05, 3.63) is 64.3 Å². The zero-order valence-electron chi connectivity index (χ0n) is 13.8. The van der Waals surface area contributed by atoms with E-state index in [0.717, 1.165) is 11.4 Å². The highest BCUT2D eigenvalue weighted by Gasteiger charge is 2.08. The van der Waals surface area contributed by atoms with Crippen LogP contribution in [0.5, 0.6) is 0 Å². The van der Waals surface area contributed by atoms with Crippen LogP contribution in [-0.4, -0.2) is 15.2 Å². The van der Waals surface area contributed by atoms with Crippen LogP contribution in [0.1, 0.15) is 25.3 Å². The Balaban J connectivity index is 1.82. The smallest absolute Gasteiger partial charge is 0.249 e. The van der Waals surface area contributed by atoms with E-state index in [9.17, 15) is 0 Å². The van der Waals surface area contributed by atoms with Crippen LogP contribution >= 0.6 is 23.2 Å². The lowest BCUT2D eigenvalue weighted by Gasteiger charge is -2.13. The zero-order valence-corrected chi connectivity index (χ0v) is 15.3. The molecule has 0 saturated heterocycles. The lowest BCUT2D eigenvalue weighted by molar-refractivity contribution is 0.867. The molecule has 0 atom stereocenters. The first-order valence-electron chi connectivity index (χ1n) is 7.80. The lowest BCUT2D eigenvalue weighted by Crippen LogP contribution is -2.04. The average molecular weight is 374 g/mol. The van der Waals surface area contributed by atoms with E-state index >= 15 is 0 Å². The van der Waals surface area contributed by atoms with E-state index in [1.807, 2.05) is 18.2 Å². The van der Waals surface area contributed by atoms with Crippen LogP contribution in [0.25, 0.3) is 0 Å². The van der Waals surface area contributed by atoms with E-state index in [2.05, 4.69) is 45.7 Å². The van der Waals surface area contributed by atoms with E-state index in [-0.39, 0.29) is 0 Å². The van der Waals surface area contributed by atoms with Gasteiger partial charge < -0.3 is 10.6 Å². The van der Waals surface area contributed by atoms with Gasteiger partial charge in [0.2, 0.25) is 5.95 Å². The fourth-order valence-corrected chi connectivity index (χ4v) is 2.95. The zero-order chi connectivity index (χ0) is 17.8. The van der Waals surface area contributed by atoms with Crippen LogP contribution in [0.15, 0.2) is 48.7 Å². The molecule has 3 rings (SSSR count). The molecule has 0 aliphatic rings. The van der Waals surface area contributed by atoms with Gasteiger partial charge in [-0.3, -0.25) is 0 Å². The number of para-hydroxylation sites is 1. The van der Waals surface area contributed by atoms with Gasteiger partial charge in [0, 0.05) is 21.4 Å². The number of halogens is 2. The molecule has 0 fully saturated rings. The Kier molecular flexibility index (Phi) is 5.36. The highest BCUT2D eigenvalue weighted by molar-refractivity contribution is 6.35. The summed E-state index contributed by atoms with van der Waals surface area (Å²) < 4.78 is 0. The summed E-state index contributed by atoms with van der Waals surface area (Å²) in [4.78, 5) is 4.44. The standard InChI is InChI=1S/C18H17Cl2N5/c1-11(2)15-5-3-4-6-16(15)23-18-24-17(10-21-25-18)22-14-8-12(19)7-13(20)9-14/h3-11H,1-2H3,(H2,22,23,24,25). The van der Waals surface area contributed by atoms with Crippen molar-refractivity contribution in [2.75, 3.05) is 10.6 Å². The van der Waals surface area contributed by atoms with Gasteiger partial charge in [-0.1, -0.05) is 55.2 Å². The number of hydrogen-bond donors (Lipinski definition) is 2. The van der Waals surface area contributed by atoms with Gasteiger partial charge in [-0.2, -0.15) is 10.1 Å². The Bertz CT molecular complexity index is 863. The second kappa shape index (κ2) is 7.68. The predicted octanol–water partition coefficient (Wildman–Crippen LogP) is 5.79. The molecule has 1 aromatic heterocycles. The van der Waals surface area contributed by atoms with Crippen LogP contribution in [0.3, 0.4) is 0 Å². The normalized spacial score (nSPS) is 10.8. The Morgan fingerprint density at radius 1 is 0.960 bits per heavy atom. The molecule has 7 heteroatoms. The number of nitrogens with one attached hydrogen (secondary N) is 2. The lowest BCUT2D eigenvalue weighted by atomic mass is 10.0. The minimum atomic E-state index is 0.381. The second-order valence-corrected chi connectivity index (χ2v) is 6.69. The number of hydrogen-bond acceptors (Lipinski definition) is 5. The first-order valence-corrected chi connectivity index (χ1v) is 8.55. The SMILES string of the molecule is CC(C)c1ccccc1Nc1nncc(Nc2cc(Cl)cc(Cl)c2)n1. The highest BCUT2D eigenvalue weighted by atomic mass is 35.5. The molecule has 2 aromatic carbocycles. The van der Waals surface area contributed by atoms with Gasteiger partial charge in [-0.05, 0) is 35.7 Å².